The number of nitrogens with zero attached hydrogens (tertiary/aromatic N) is 3. The second-order valence-corrected chi connectivity index (χ2v) is 7.47. The van der Waals surface area contributed by atoms with Crippen LogP contribution in [0.3, 0.4) is 0 Å². The van der Waals surface area contributed by atoms with Crippen LogP contribution in [0.15, 0.2) is 4.79 Å². The number of likely N-dealkylation sites (N-methyl/N-ethyl adjacent to an activating group) is 1. The number of nitrogens with one attached hydrogen (secondary N) is 1. The van der Waals surface area contributed by atoms with Crippen molar-refractivity contribution in [1.29, 1.82) is 0 Å². The Labute approximate surface area is 152 Å². The fourth-order valence-electron chi connectivity index (χ4n) is 3.49. The summed E-state index contributed by atoms with van der Waals surface area (Å²) in [6.07, 6.45) is 11.2. The van der Waals surface area contributed by atoms with Crippen molar-refractivity contribution in [2.75, 3.05) is 38.1 Å². The van der Waals surface area contributed by atoms with E-state index in [1.807, 2.05) is 6.92 Å². The van der Waals surface area contributed by atoms with Gasteiger partial charge in [0, 0.05) is 37.4 Å². The lowest BCUT2D eigenvalue weighted by Gasteiger charge is -2.32. The maximum atomic E-state index is 12.5. The summed E-state index contributed by atoms with van der Waals surface area (Å²) >= 11 is 0. The van der Waals surface area contributed by atoms with Crippen molar-refractivity contribution in [3.8, 4) is 0 Å². The maximum Gasteiger partial charge on any atom is 0.255 e. The number of aromatic amines is 1. The number of rotatable bonds is 10. The van der Waals surface area contributed by atoms with E-state index in [2.05, 4.69) is 33.7 Å². The van der Waals surface area contributed by atoms with Crippen molar-refractivity contribution in [3.05, 3.63) is 21.6 Å². The summed E-state index contributed by atoms with van der Waals surface area (Å²) in [6, 6.07) is 0. The Kier molecular flexibility index (Phi) is 8.45. The highest BCUT2D eigenvalue weighted by Gasteiger charge is 2.17. The van der Waals surface area contributed by atoms with Crippen LogP contribution in [0, 0.1) is 6.92 Å². The van der Waals surface area contributed by atoms with Gasteiger partial charge >= 0.3 is 0 Å². The Hall–Kier alpha value is -1.36. The van der Waals surface area contributed by atoms with Gasteiger partial charge in [-0.05, 0) is 26.8 Å². The van der Waals surface area contributed by atoms with Crippen LogP contribution in [0.25, 0.3) is 0 Å². The van der Waals surface area contributed by atoms with Crippen LogP contribution >= 0.6 is 0 Å². The van der Waals surface area contributed by atoms with Gasteiger partial charge in [0.1, 0.15) is 0 Å². The monoisotopic (exact) mass is 348 g/mol. The molecule has 1 aromatic rings. The summed E-state index contributed by atoms with van der Waals surface area (Å²) in [5.74, 6) is 0.746. The van der Waals surface area contributed by atoms with E-state index in [1.165, 1.54) is 44.9 Å². The molecular formula is C20H36N4O. The minimum absolute atomic E-state index is 0.0596. The highest BCUT2D eigenvalue weighted by atomic mass is 16.1. The Morgan fingerprint density at radius 1 is 0.960 bits per heavy atom. The van der Waals surface area contributed by atoms with E-state index < -0.39 is 0 Å². The zero-order valence-electron chi connectivity index (χ0n) is 16.4. The van der Waals surface area contributed by atoms with Gasteiger partial charge in [0.15, 0.2) is 0 Å². The average Bonchev–Trinajstić information content (AvgIpc) is 2.59. The molecule has 0 unspecified atom stereocenters. The van der Waals surface area contributed by atoms with Crippen molar-refractivity contribution in [1.82, 2.24) is 14.9 Å². The lowest BCUT2D eigenvalue weighted by atomic mass is 10.0. The highest BCUT2D eigenvalue weighted by Crippen LogP contribution is 2.14. The molecule has 25 heavy (non-hydrogen) atoms. The van der Waals surface area contributed by atoms with E-state index >= 15 is 0 Å². The molecule has 0 saturated carbocycles. The van der Waals surface area contributed by atoms with E-state index in [0.29, 0.717) is 0 Å². The molecule has 142 valence electrons. The molecule has 2 rings (SSSR count). The maximum absolute atomic E-state index is 12.5. The van der Waals surface area contributed by atoms with Crippen molar-refractivity contribution in [2.45, 2.75) is 71.6 Å². The predicted molar refractivity (Wildman–Crippen MR) is 106 cm³/mol. The lowest BCUT2D eigenvalue weighted by molar-refractivity contribution is 0.311. The van der Waals surface area contributed by atoms with E-state index in [1.54, 1.807) is 0 Å². The van der Waals surface area contributed by atoms with Crippen molar-refractivity contribution in [3.63, 3.8) is 0 Å². The summed E-state index contributed by atoms with van der Waals surface area (Å²) in [5, 5.41) is 0. The van der Waals surface area contributed by atoms with E-state index in [9.17, 15) is 4.79 Å². The molecule has 0 amide bonds. The van der Waals surface area contributed by atoms with Crippen molar-refractivity contribution in [2.24, 2.45) is 0 Å². The zero-order valence-corrected chi connectivity index (χ0v) is 16.4. The molecule has 1 saturated heterocycles. The van der Waals surface area contributed by atoms with Gasteiger partial charge in [0.05, 0.1) is 0 Å². The number of hydrogen-bond acceptors (Lipinski definition) is 4. The molecular weight excluding hydrogens is 312 g/mol. The van der Waals surface area contributed by atoms with Crippen LogP contribution in [0.5, 0.6) is 0 Å². The topological polar surface area (TPSA) is 52.2 Å². The number of aromatic nitrogens is 2. The first-order chi connectivity index (χ1) is 12.1. The third kappa shape index (κ3) is 6.46. The number of piperazine rings is 1. The summed E-state index contributed by atoms with van der Waals surface area (Å²) in [4.78, 5) is 24.7. The molecule has 1 aromatic heterocycles. The highest BCUT2D eigenvalue weighted by molar-refractivity contribution is 5.33. The number of unbranched alkanes of at least 4 members (excludes halogenated alkanes) is 7. The van der Waals surface area contributed by atoms with Gasteiger partial charge in [0.2, 0.25) is 5.95 Å². The standard InChI is InChI=1S/C20H36N4O/c1-4-5-6-7-8-9-10-11-12-18-17(2)21-20(22-19(18)25)24-15-13-23(3)14-16-24/h4-16H2,1-3H3,(H,21,22,25). The van der Waals surface area contributed by atoms with E-state index in [0.717, 1.165) is 56.2 Å². The molecule has 0 atom stereocenters. The van der Waals surface area contributed by atoms with Crippen LogP contribution in [-0.4, -0.2) is 48.1 Å². The molecule has 1 N–H and O–H groups in total. The van der Waals surface area contributed by atoms with Gasteiger partial charge in [-0.2, -0.15) is 0 Å². The third-order valence-corrected chi connectivity index (χ3v) is 5.29. The first-order valence-corrected chi connectivity index (χ1v) is 10.1. The summed E-state index contributed by atoms with van der Waals surface area (Å²) in [5.41, 5.74) is 1.84. The summed E-state index contributed by atoms with van der Waals surface area (Å²) in [7, 11) is 2.13. The van der Waals surface area contributed by atoms with Crippen molar-refractivity contribution >= 4 is 5.95 Å². The van der Waals surface area contributed by atoms with Gasteiger partial charge in [0.25, 0.3) is 5.56 Å². The van der Waals surface area contributed by atoms with Gasteiger partial charge in [-0.1, -0.05) is 51.9 Å². The average molecular weight is 349 g/mol. The molecule has 1 aliphatic heterocycles. The number of aryl methyl sites for hydroxylation is 1. The number of hydrogen-bond donors (Lipinski definition) is 1. The minimum Gasteiger partial charge on any atom is -0.340 e. The normalized spacial score (nSPS) is 15.7. The quantitative estimate of drug-likeness (QED) is 0.657. The van der Waals surface area contributed by atoms with Crippen LogP contribution in [0.2, 0.25) is 0 Å². The van der Waals surface area contributed by atoms with Crippen molar-refractivity contribution < 1.29 is 0 Å². The van der Waals surface area contributed by atoms with Gasteiger partial charge < -0.3 is 9.80 Å². The first kappa shape index (κ1) is 20.0. The van der Waals surface area contributed by atoms with Crippen LogP contribution < -0.4 is 10.5 Å². The minimum atomic E-state index is 0.0596. The smallest absolute Gasteiger partial charge is 0.255 e. The Bertz CT molecular complexity index is 561. The fourth-order valence-corrected chi connectivity index (χ4v) is 3.49. The molecule has 0 spiro atoms. The molecule has 1 fully saturated rings. The molecule has 0 bridgehead atoms. The predicted octanol–water partition coefficient (Wildman–Crippen LogP) is 3.51. The van der Waals surface area contributed by atoms with Crippen LogP contribution in [0.1, 0.15) is 69.5 Å². The molecule has 0 radical (unpaired) electrons. The molecule has 1 aliphatic rings. The third-order valence-electron chi connectivity index (χ3n) is 5.29. The summed E-state index contributed by atoms with van der Waals surface area (Å²) in [6.45, 7) is 8.12. The second-order valence-electron chi connectivity index (χ2n) is 7.47. The van der Waals surface area contributed by atoms with Gasteiger partial charge in [-0.25, -0.2) is 4.98 Å². The molecule has 5 heteroatoms. The fraction of sp³-hybridized carbons (Fsp3) is 0.800. The summed E-state index contributed by atoms with van der Waals surface area (Å²) < 4.78 is 0. The SMILES string of the molecule is CCCCCCCCCCc1c(C)nc(N2CCN(C)CC2)[nH]c1=O. The molecule has 5 nitrogen and oxygen atoms in total. The lowest BCUT2D eigenvalue weighted by Crippen LogP contribution is -2.45. The second kappa shape index (κ2) is 10.6. The Morgan fingerprint density at radius 2 is 1.56 bits per heavy atom. The van der Waals surface area contributed by atoms with Gasteiger partial charge in [-0.3, -0.25) is 9.78 Å². The Morgan fingerprint density at radius 3 is 2.16 bits per heavy atom. The largest absolute Gasteiger partial charge is 0.340 e. The molecule has 0 aliphatic carbocycles. The number of H-pyrrole nitrogens is 1. The van der Waals surface area contributed by atoms with E-state index in [-0.39, 0.29) is 5.56 Å². The van der Waals surface area contributed by atoms with Crippen LogP contribution in [-0.2, 0) is 6.42 Å². The molecule has 0 aromatic carbocycles. The van der Waals surface area contributed by atoms with Gasteiger partial charge in [-0.15, -0.1) is 0 Å². The van der Waals surface area contributed by atoms with Crippen LogP contribution in [0.4, 0.5) is 5.95 Å². The molecule has 2 heterocycles. The number of anilines is 1. The van der Waals surface area contributed by atoms with E-state index in [4.69, 9.17) is 0 Å². The Balaban J connectivity index is 1.79. The zero-order chi connectivity index (χ0) is 18.1. The first-order valence-electron chi connectivity index (χ1n) is 10.1.